The lowest BCUT2D eigenvalue weighted by molar-refractivity contribution is 0.910. The van der Waals surface area contributed by atoms with Crippen molar-refractivity contribution in [3.8, 4) is 11.3 Å². The first-order valence-electron chi connectivity index (χ1n) is 3.83. The Bertz CT molecular complexity index is 362. The number of aromatic nitrogens is 2. The Hall–Kier alpha value is -1.57. The van der Waals surface area contributed by atoms with Gasteiger partial charge in [0.1, 0.15) is 0 Å². The first kappa shape index (κ1) is 7.10. The molecule has 0 saturated heterocycles. The Balaban J connectivity index is 2.51. The van der Waals surface area contributed by atoms with Crippen LogP contribution in [0.25, 0.3) is 11.3 Å². The predicted molar refractivity (Wildman–Crippen MR) is 47.5 cm³/mol. The van der Waals surface area contributed by atoms with Gasteiger partial charge < -0.3 is 4.57 Å². The summed E-state index contributed by atoms with van der Waals surface area (Å²) >= 11 is 0. The van der Waals surface area contributed by atoms with Crippen LogP contribution in [0.1, 0.15) is 0 Å². The molecule has 1 heterocycles. The molecule has 1 aromatic carbocycles. The molecule has 2 aromatic rings. The maximum Gasteiger partial charge on any atom is 0.176 e. The second kappa shape index (κ2) is 2.81. The van der Waals surface area contributed by atoms with Crippen LogP contribution in [-0.2, 0) is 7.05 Å². The third-order valence-corrected chi connectivity index (χ3v) is 1.83. The molecule has 0 amide bonds. The van der Waals surface area contributed by atoms with E-state index >= 15 is 0 Å². The van der Waals surface area contributed by atoms with Crippen LogP contribution in [0.15, 0.2) is 36.5 Å². The van der Waals surface area contributed by atoms with Crippen molar-refractivity contribution in [2.45, 2.75) is 0 Å². The molecule has 0 bridgehead atoms. The molecule has 0 N–H and O–H groups in total. The van der Waals surface area contributed by atoms with Crippen LogP contribution in [0.5, 0.6) is 0 Å². The van der Waals surface area contributed by atoms with E-state index in [1.165, 1.54) is 5.56 Å². The summed E-state index contributed by atoms with van der Waals surface area (Å²) in [4.78, 5) is 3.94. The van der Waals surface area contributed by atoms with Gasteiger partial charge in [-0.25, -0.2) is 4.98 Å². The van der Waals surface area contributed by atoms with Gasteiger partial charge in [-0.3, -0.25) is 0 Å². The van der Waals surface area contributed by atoms with Gasteiger partial charge in [0.05, 0.1) is 11.9 Å². The fourth-order valence-corrected chi connectivity index (χ4v) is 1.19. The monoisotopic (exact) mass is 157 g/mol. The van der Waals surface area contributed by atoms with E-state index in [1.54, 1.807) is 0 Å². The topological polar surface area (TPSA) is 17.8 Å². The lowest BCUT2D eigenvalue weighted by Gasteiger charge is -1.99. The van der Waals surface area contributed by atoms with Gasteiger partial charge in [-0.15, -0.1) is 0 Å². The van der Waals surface area contributed by atoms with E-state index < -0.39 is 0 Å². The molecule has 1 radical (unpaired) electrons. The van der Waals surface area contributed by atoms with Crippen molar-refractivity contribution >= 4 is 0 Å². The molecule has 0 spiro atoms. The first-order chi connectivity index (χ1) is 5.88. The highest BCUT2D eigenvalue weighted by Gasteiger charge is 1.99. The Morgan fingerprint density at radius 1 is 1.25 bits per heavy atom. The van der Waals surface area contributed by atoms with Crippen LogP contribution in [0.3, 0.4) is 0 Å². The van der Waals surface area contributed by atoms with Crippen molar-refractivity contribution in [2.75, 3.05) is 0 Å². The fraction of sp³-hybridized carbons (Fsp3) is 0.100. The van der Waals surface area contributed by atoms with Crippen molar-refractivity contribution in [3.63, 3.8) is 0 Å². The van der Waals surface area contributed by atoms with E-state index in [-0.39, 0.29) is 0 Å². The van der Waals surface area contributed by atoms with Crippen LogP contribution in [0.4, 0.5) is 0 Å². The number of rotatable bonds is 1. The van der Waals surface area contributed by atoms with Crippen LogP contribution in [0.2, 0.25) is 0 Å². The zero-order chi connectivity index (χ0) is 8.39. The number of benzene rings is 1. The quantitative estimate of drug-likeness (QED) is 0.618. The number of imidazole rings is 1. The predicted octanol–water partition coefficient (Wildman–Crippen LogP) is 1.89. The van der Waals surface area contributed by atoms with Gasteiger partial charge in [0.15, 0.2) is 6.33 Å². The zero-order valence-corrected chi connectivity index (χ0v) is 6.86. The van der Waals surface area contributed by atoms with Gasteiger partial charge in [0, 0.05) is 7.05 Å². The summed E-state index contributed by atoms with van der Waals surface area (Å²) in [6.45, 7) is 0. The second-order valence-corrected chi connectivity index (χ2v) is 2.67. The van der Waals surface area contributed by atoms with Crippen LogP contribution in [-0.4, -0.2) is 9.55 Å². The summed E-state index contributed by atoms with van der Waals surface area (Å²) in [5.41, 5.74) is 2.27. The molecule has 0 aliphatic heterocycles. The first-order valence-corrected chi connectivity index (χ1v) is 3.83. The van der Waals surface area contributed by atoms with Crippen molar-refractivity contribution in [1.82, 2.24) is 9.55 Å². The molecule has 0 atom stereocenters. The normalized spacial score (nSPS) is 10.1. The molecular weight excluding hydrogens is 148 g/mol. The molecule has 1 aromatic heterocycles. The Labute approximate surface area is 71.5 Å². The number of hydrogen-bond donors (Lipinski definition) is 0. The largest absolute Gasteiger partial charge is 0.325 e. The molecule has 2 heteroatoms. The molecule has 59 valence electrons. The molecule has 2 rings (SSSR count). The van der Waals surface area contributed by atoms with Gasteiger partial charge in [0.25, 0.3) is 0 Å². The second-order valence-electron chi connectivity index (χ2n) is 2.67. The number of hydrogen-bond acceptors (Lipinski definition) is 1. The molecule has 0 aliphatic rings. The van der Waals surface area contributed by atoms with E-state index in [0.29, 0.717) is 0 Å². The molecule has 0 saturated carbocycles. The van der Waals surface area contributed by atoms with Crippen molar-refractivity contribution in [1.29, 1.82) is 0 Å². The molecule has 0 fully saturated rings. The van der Waals surface area contributed by atoms with Gasteiger partial charge in [-0.2, -0.15) is 0 Å². The molecule has 0 aliphatic carbocycles. The van der Waals surface area contributed by atoms with Gasteiger partial charge in [-0.05, 0) is 5.56 Å². The molecule has 12 heavy (non-hydrogen) atoms. The molecule has 2 nitrogen and oxygen atoms in total. The lowest BCUT2D eigenvalue weighted by atomic mass is 10.2. The van der Waals surface area contributed by atoms with Crippen LogP contribution >= 0.6 is 0 Å². The number of aryl methyl sites for hydroxylation is 1. The summed E-state index contributed by atoms with van der Waals surface area (Å²) in [6.07, 6.45) is 4.65. The van der Waals surface area contributed by atoms with E-state index in [0.717, 1.165) is 5.69 Å². The van der Waals surface area contributed by atoms with Crippen LogP contribution < -0.4 is 0 Å². The molecular formula is C10H9N2. The van der Waals surface area contributed by atoms with Gasteiger partial charge in [0.2, 0.25) is 0 Å². The highest BCUT2D eigenvalue weighted by Crippen LogP contribution is 2.16. The van der Waals surface area contributed by atoms with E-state index in [2.05, 4.69) is 23.4 Å². The summed E-state index contributed by atoms with van der Waals surface area (Å²) in [6, 6.07) is 10.2. The Morgan fingerprint density at radius 2 is 2.00 bits per heavy atom. The highest BCUT2D eigenvalue weighted by atomic mass is 15.0. The van der Waals surface area contributed by atoms with E-state index in [1.807, 2.05) is 36.0 Å². The maximum atomic E-state index is 3.94. The third-order valence-electron chi connectivity index (χ3n) is 1.83. The summed E-state index contributed by atoms with van der Waals surface area (Å²) in [7, 11) is 1.94. The summed E-state index contributed by atoms with van der Waals surface area (Å²) in [5.74, 6) is 0. The summed E-state index contributed by atoms with van der Waals surface area (Å²) in [5, 5.41) is 0. The molecule has 0 unspecified atom stereocenters. The van der Waals surface area contributed by atoms with E-state index in [4.69, 9.17) is 0 Å². The standard InChI is InChI=1S/C10H9N2/c1-12-8-11-7-10(12)9-5-3-2-4-6-9/h2-7H,1H3. The van der Waals surface area contributed by atoms with Gasteiger partial charge in [-0.1, -0.05) is 30.3 Å². The van der Waals surface area contributed by atoms with Crippen molar-refractivity contribution in [2.24, 2.45) is 7.05 Å². The van der Waals surface area contributed by atoms with Gasteiger partial charge >= 0.3 is 0 Å². The minimum Gasteiger partial charge on any atom is -0.325 e. The Morgan fingerprint density at radius 3 is 2.58 bits per heavy atom. The maximum absolute atomic E-state index is 3.94. The zero-order valence-electron chi connectivity index (χ0n) is 6.86. The average molecular weight is 157 g/mol. The van der Waals surface area contributed by atoms with E-state index in [9.17, 15) is 0 Å². The smallest absolute Gasteiger partial charge is 0.176 e. The average Bonchev–Trinajstić information content (AvgIpc) is 2.53. The van der Waals surface area contributed by atoms with Crippen LogP contribution in [0, 0.1) is 6.33 Å². The SMILES string of the molecule is Cn1[c]ncc1-c1ccccc1. The minimum atomic E-state index is 1.09. The minimum absolute atomic E-state index is 1.09. The highest BCUT2D eigenvalue weighted by molar-refractivity contribution is 5.58. The lowest BCUT2D eigenvalue weighted by Crippen LogP contribution is -1.88. The number of nitrogens with zero attached hydrogens (tertiary/aromatic N) is 2. The van der Waals surface area contributed by atoms with Crippen molar-refractivity contribution < 1.29 is 0 Å². The fourth-order valence-electron chi connectivity index (χ4n) is 1.19. The third kappa shape index (κ3) is 1.11. The summed E-state index contributed by atoms with van der Waals surface area (Å²) < 4.78 is 1.88. The Kier molecular flexibility index (Phi) is 1.67. The van der Waals surface area contributed by atoms with Crippen molar-refractivity contribution in [3.05, 3.63) is 42.9 Å².